The number of fused-ring (bicyclic) bond motifs is 1. The monoisotopic (exact) mass is 338 g/mol. The van der Waals surface area contributed by atoms with E-state index >= 15 is 0 Å². The van der Waals surface area contributed by atoms with Gasteiger partial charge in [-0.2, -0.15) is 0 Å². The van der Waals surface area contributed by atoms with Crippen LogP contribution in [0.2, 0.25) is 0 Å². The number of benzene rings is 2. The van der Waals surface area contributed by atoms with Gasteiger partial charge >= 0.3 is 0 Å². The Bertz CT molecular complexity index is 935. The van der Waals surface area contributed by atoms with Crippen molar-refractivity contribution >= 4 is 22.9 Å². The van der Waals surface area contributed by atoms with E-state index in [-0.39, 0.29) is 5.91 Å². The van der Waals surface area contributed by atoms with E-state index in [4.69, 9.17) is 0 Å². The summed E-state index contributed by atoms with van der Waals surface area (Å²) in [6.07, 6.45) is 0.799. The first-order valence-electron chi connectivity index (χ1n) is 7.75. The fourth-order valence-electron chi connectivity index (χ4n) is 3.05. The van der Waals surface area contributed by atoms with Gasteiger partial charge in [-0.05, 0) is 49.2 Å². The van der Waals surface area contributed by atoms with Crippen molar-refractivity contribution in [2.24, 2.45) is 0 Å². The SMILES string of the molecule is Cc1nc(-c2ccc3c(c2)CCN3C(=O)c2cccc(F)c2)cs1. The molecule has 0 bridgehead atoms. The summed E-state index contributed by atoms with van der Waals surface area (Å²) in [7, 11) is 0. The van der Waals surface area contributed by atoms with E-state index in [9.17, 15) is 9.18 Å². The molecule has 5 heteroatoms. The first-order chi connectivity index (χ1) is 11.6. The Morgan fingerprint density at radius 3 is 2.88 bits per heavy atom. The number of hydrogen-bond donors (Lipinski definition) is 0. The number of aryl methyl sites for hydroxylation is 1. The van der Waals surface area contributed by atoms with Crippen LogP contribution in [0.4, 0.5) is 10.1 Å². The van der Waals surface area contributed by atoms with Crippen LogP contribution in [0, 0.1) is 12.7 Å². The molecule has 3 aromatic rings. The van der Waals surface area contributed by atoms with Crippen molar-refractivity contribution in [3.8, 4) is 11.3 Å². The molecule has 2 heterocycles. The Morgan fingerprint density at radius 2 is 2.12 bits per heavy atom. The average Bonchev–Trinajstić information content (AvgIpc) is 3.19. The molecule has 0 spiro atoms. The van der Waals surface area contributed by atoms with E-state index in [1.54, 1.807) is 28.4 Å². The second-order valence-electron chi connectivity index (χ2n) is 5.81. The lowest BCUT2D eigenvalue weighted by Gasteiger charge is -2.17. The molecule has 0 saturated heterocycles. The highest BCUT2D eigenvalue weighted by atomic mass is 32.1. The number of carbonyl (C=O) groups is 1. The van der Waals surface area contributed by atoms with Gasteiger partial charge in [0.1, 0.15) is 5.82 Å². The normalized spacial score (nSPS) is 13.2. The van der Waals surface area contributed by atoms with Crippen LogP contribution in [0.25, 0.3) is 11.3 Å². The van der Waals surface area contributed by atoms with Crippen LogP contribution in [0.15, 0.2) is 47.8 Å². The Kier molecular flexibility index (Phi) is 3.65. The van der Waals surface area contributed by atoms with Crippen molar-refractivity contribution < 1.29 is 9.18 Å². The van der Waals surface area contributed by atoms with Crippen LogP contribution in [0.5, 0.6) is 0 Å². The molecule has 0 aliphatic carbocycles. The minimum Gasteiger partial charge on any atom is -0.308 e. The minimum absolute atomic E-state index is 0.162. The molecule has 0 fully saturated rings. The summed E-state index contributed by atoms with van der Waals surface area (Å²) in [5.41, 5.74) is 4.44. The maximum absolute atomic E-state index is 13.4. The lowest BCUT2D eigenvalue weighted by molar-refractivity contribution is 0.0989. The number of nitrogens with zero attached hydrogens (tertiary/aromatic N) is 2. The lowest BCUT2D eigenvalue weighted by atomic mass is 10.1. The second-order valence-corrected chi connectivity index (χ2v) is 6.87. The van der Waals surface area contributed by atoms with Gasteiger partial charge in [-0.15, -0.1) is 11.3 Å². The molecular formula is C19H15FN2OS. The van der Waals surface area contributed by atoms with Gasteiger partial charge in [-0.25, -0.2) is 9.37 Å². The molecule has 0 atom stereocenters. The summed E-state index contributed by atoms with van der Waals surface area (Å²) >= 11 is 1.63. The minimum atomic E-state index is -0.394. The van der Waals surface area contributed by atoms with E-state index < -0.39 is 5.82 Å². The number of aromatic nitrogens is 1. The van der Waals surface area contributed by atoms with E-state index in [0.717, 1.165) is 33.9 Å². The smallest absolute Gasteiger partial charge is 0.258 e. The van der Waals surface area contributed by atoms with Crippen LogP contribution in [-0.2, 0) is 6.42 Å². The topological polar surface area (TPSA) is 33.2 Å². The zero-order chi connectivity index (χ0) is 16.7. The predicted molar refractivity (Wildman–Crippen MR) is 94.1 cm³/mol. The largest absolute Gasteiger partial charge is 0.308 e. The third kappa shape index (κ3) is 2.61. The standard InChI is InChI=1S/C19H15FN2OS/c1-12-21-17(11-24-12)13-5-6-18-14(9-13)7-8-22(18)19(23)15-3-2-4-16(20)10-15/h2-6,9-11H,7-8H2,1H3. The summed E-state index contributed by atoms with van der Waals surface area (Å²) in [6.45, 7) is 2.60. The van der Waals surface area contributed by atoms with Crippen molar-refractivity contribution in [1.82, 2.24) is 4.98 Å². The summed E-state index contributed by atoms with van der Waals surface area (Å²) in [5, 5.41) is 3.08. The van der Waals surface area contributed by atoms with E-state index in [2.05, 4.69) is 11.1 Å². The summed E-state index contributed by atoms with van der Waals surface area (Å²) in [5.74, 6) is -0.556. The van der Waals surface area contributed by atoms with Crippen LogP contribution in [0.3, 0.4) is 0 Å². The van der Waals surface area contributed by atoms with Gasteiger partial charge in [-0.3, -0.25) is 4.79 Å². The highest BCUT2D eigenvalue weighted by Crippen LogP contribution is 2.33. The second kappa shape index (κ2) is 5.83. The first kappa shape index (κ1) is 15.0. The highest BCUT2D eigenvalue weighted by Gasteiger charge is 2.26. The molecule has 1 aromatic heterocycles. The Hall–Kier alpha value is -2.53. The molecular weight excluding hydrogens is 323 g/mol. The molecule has 120 valence electrons. The maximum atomic E-state index is 13.4. The predicted octanol–water partition coefficient (Wildman–Crippen LogP) is 4.46. The fraction of sp³-hybridized carbons (Fsp3) is 0.158. The molecule has 3 nitrogen and oxygen atoms in total. The van der Waals surface area contributed by atoms with Gasteiger partial charge in [0.2, 0.25) is 0 Å². The van der Waals surface area contributed by atoms with Crippen molar-refractivity contribution in [2.45, 2.75) is 13.3 Å². The molecule has 0 N–H and O–H groups in total. The highest BCUT2D eigenvalue weighted by molar-refractivity contribution is 7.09. The van der Waals surface area contributed by atoms with Gasteiger partial charge in [0, 0.05) is 28.7 Å². The van der Waals surface area contributed by atoms with Crippen LogP contribution in [0.1, 0.15) is 20.9 Å². The lowest BCUT2D eigenvalue weighted by Crippen LogP contribution is -2.28. The van der Waals surface area contributed by atoms with Crippen LogP contribution < -0.4 is 4.90 Å². The fourth-order valence-corrected chi connectivity index (χ4v) is 3.67. The summed E-state index contributed by atoms with van der Waals surface area (Å²) in [6, 6.07) is 11.9. The Balaban J connectivity index is 1.66. The van der Waals surface area contributed by atoms with Gasteiger partial charge in [-0.1, -0.05) is 12.1 Å². The molecule has 4 rings (SSSR count). The molecule has 0 saturated carbocycles. The van der Waals surface area contributed by atoms with Gasteiger partial charge < -0.3 is 4.90 Å². The number of halogens is 1. The van der Waals surface area contributed by atoms with Crippen molar-refractivity contribution in [1.29, 1.82) is 0 Å². The number of amides is 1. The van der Waals surface area contributed by atoms with Crippen molar-refractivity contribution in [2.75, 3.05) is 11.4 Å². The molecule has 2 aromatic carbocycles. The van der Waals surface area contributed by atoms with Crippen LogP contribution in [-0.4, -0.2) is 17.4 Å². The molecule has 0 radical (unpaired) electrons. The van der Waals surface area contributed by atoms with Gasteiger partial charge in [0.25, 0.3) is 5.91 Å². The van der Waals surface area contributed by atoms with E-state index in [1.807, 2.05) is 24.4 Å². The number of hydrogen-bond acceptors (Lipinski definition) is 3. The third-order valence-corrected chi connectivity index (χ3v) is 4.98. The molecule has 1 aliphatic rings. The van der Waals surface area contributed by atoms with E-state index in [0.29, 0.717) is 12.1 Å². The quantitative estimate of drug-likeness (QED) is 0.691. The number of anilines is 1. The Morgan fingerprint density at radius 1 is 1.25 bits per heavy atom. The first-order valence-corrected chi connectivity index (χ1v) is 8.62. The number of thiazole rings is 1. The Labute approximate surface area is 143 Å². The average molecular weight is 338 g/mol. The maximum Gasteiger partial charge on any atom is 0.258 e. The zero-order valence-electron chi connectivity index (χ0n) is 13.1. The van der Waals surface area contributed by atoms with Gasteiger partial charge in [0.05, 0.1) is 10.7 Å². The molecule has 1 amide bonds. The van der Waals surface area contributed by atoms with Crippen LogP contribution >= 0.6 is 11.3 Å². The van der Waals surface area contributed by atoms with Crippen molar-refractivity contribution in [3.63, 3.8) is 0 Å². The number of rotatable bonds is 2. The summed E-state index contributed by atoms with van der Waals surface area (Å²) in [4.78, 5) is 18.9. The molecule has 1 aliphatic heterocycles. The van der Waals surface area contributed by atoms with E-state index in [1.165, 1.54) is 12.1 Å². The zero-order valence-corrected chi connectivity index (χ0v) is 13.9. The third-order valence-electron chi connectivity index (χ3n) is 4.21. The number of carbonyl (C=O) groups excluding carboxylic acids is 1. The summed E-state index contributed by atoms with van der Waals surface area (Å²) < 4.78 is 13.4. The van der Waals surface area contributed by atoms with Gasteiger partial charge in [0.15, 0.2) is 0 Å². The molecule has 24 heavy (non-hydrogen) atoms. The van der Waals surface area contributed by atoms with Crippen molar-refractivity contribution in [3.05, 3.63) is 69.8 Å². The molecule has 0 unspecified atom stereocenters.